The summed E-state index contributed by atoms with van der Waals surface area (Å²) in [5.41, 5.74) is 1.24. The van der Waals surface area contributed by atoms with Crippen molar-refractivity contribution >= 4 is 16.8 Å². The summed E-state index contributed by atoms with van der Waals surface area (Å²) in [6.45, 7) is 0.373. The van der Waals surface area contributed by atoms with Gasteiger partial charge < -0.3 is 14.8 Å². The number of methoxy groups -OCH3 is 2. The van der Waals surface area contributed by atoms with Gasteiger partial charge in [-0.25, -0.2) is 4.98 Å². The van der Waals surface area contributed by atoms with Gasteiger partial charge in [0.1, 0.15) is 0 Å². The van der Waals surface area contributed by atoms with Gasteiger partial charge in [-0.1, -0.05) is 0 Å². The number of amides is 1. The average molecular weight is 488 g/mol. The number of ether oxygens (including phenoxy) is 2. The van der Waals surface area contributed by atoms with Gasteiger partial charge in [0.05, 0.1) is 36.4 Å². The zero-order chi connectivity index (χ0) is 25.0. The molecule has 0 aliphatic heterocycles. The molecule has 4 rings (SSSR count). The Balaban J connectivity index is 1.46. The van der Waals surface area contributed by atoms with Crippen LogP contribution in [0.2, 0.25) is 0 Å². The second-order valence-corrected chi connectivity index (χ2v) is 8.87. The lowest BCUT2D eigenvalue weighted by atomic mass is 9.75. The molecule has 0 radical (unpaired) electrons. The fourth-order valence-electron chi connectivity index (χ4n) is 4.89. The molecule has 1 saturated carbocycles. The Morgan fingerprint density at radius 1 is 1.09 bits per heavy atom. The van der Waals surface area contributed by atoms with Crippen molar-refractivity contribution in [3.05, 3.63) is 65.5 Å². The molecule has 6 nitrogen and oxygen atoms in total. The van der Waals surface area contributed by atoms with Crippen molar-refractivity contribution < 1.29 is 27.4 Å². The van der Waals surface area contributed by atoms with Crippen LogP contribution in [0.15, 0.2) is 48.8 Å². The van der Waals surface area contributed by atoms with Crippen LogP contribution in [-0.2, 0) is 10.9 Å². The number of benzene rings is 1. The predicted molar refractivity (Wildman–Crippen MR) is 125 cm³/mol. The van der Waals surface area contributed by atoms with Crippen LogP contribution >= 0.6 is 0 Å². The highest BCUT2D eigenvalue weighted by Crippen LogP contribution is 2.40. The van der Waals surface area contributed by atoms with Gasteiger partial charge in [-0.2, -0.15) is 13.2 Å². The minimum absolute atomic E-state index is 0.130. The predicted octanol–water partition coefficient (Wildman–Crippen LogP) is 5.38. The largest absolute Gasteiger partial charge is 0.481 e. The molecule has 2 heterocycles. The van der Waals surface area contributed by atoms with Crippen molar-refractivity contribution in [2.75, 3.05) is 20.8 Å². The molecule has 1 aliphatic rings. The minimum atomic E-state index is -4.40. The summed E-state index contributed by atoms with van der Waals surface area (Å²) < 4.78 is 50.3. The molecule has 1 N–H and O–H groups in total. The van der Waals surface area contributed by atoms with Gasteiger partial charge in [-0.15, -0.1) is 0 Å². The molecule has 1 aliphatic carbocycles. The molecule has 1 atom stereocenters. The van der Waals surface area contributed by atoms with Gasteiger partial charge in [0.15, 0.2) is 0 Å². The van der Waals surface area contributed by atoms with Gasteiger partial charge in [0.2, 0.25) is 5.88 Å². The highest BCUT2D eigenvalue weighted by atomic mass is 19.4. The van der Waals surface area contributed by atoms with Crippen molar-refractivity contribution in [2.45, 2.75) is 43.8 Å². The lowest BCUT2D eigenvalue weighted by Gasteiger charge is -2.34. The lowest BCUT2D eigenvalue weighted by Crippen LogP contribution is -2.44. The van der Waals surface area contributed by atoms with Crippen molar-refractivity contribution in [3.63, 3.8) is 0 Å². The van der Waals surface area contributed by atoms with E-state index >= 15 is 0 Å². The number of fused-ring (bicyclic) bond motifs is 1. The molecule has 2 aromatic heterocycles. The minimum Gasteiger partial charge on any atom is -0.481 e. The van der Waals surface area contributed by atoms with Crippen LogP contribution in [0.1, 0.15) is 53.1 Å². The van der Waals surface area contributed by atoms with E-state index in [4.69, 9.17) is 9.47 Å². The number of aromatic nitrogens is 2. The number of halogens is 3. The molecule has 186 valence electrons. The van der Waals surface area contributed by atoms with E-state index < -0.39 is 11.7 Å². The van der Waals surface area contributed by atoms with E-state index in [9.17, 15) is 18.0 Å². The maximum atomic E-state index is 13.3. The summed E-state index contributed by atoms with van der Waals surface area (Å²) in [5, 5.41) is 3.63. The van der Waals surface area contributed by atoms with E-state index in [2.05, 4.69) is 15.3 Å². The highest BCUT2D eigenvalue weighted by Gasteiger charge is 2.33. The summed E-state index contributed by atoms with van der Waals surface area (Å²) in [7, 11) is 3.11. The first kappa shape index (κ1) is 24.9. The van der Waals surface area contributed by atoms with Gasteiger partial charge in [0.25, 0.3) is 5.91 Å². The Bertz CT molecular complexity index is 1160. The highest BCUT2D eigenvalue weighted by molar-refractivity contribution is 5.94. The Hall–Kier alpha value is -3.20. The molecule has 35 heavy (non-hydrogen) atoms. The van der Waals surface area contributed by atoms with E-state index in [0.29, 0.717) is 29.0 Å². The Labute approximate surface area is 201 Å². The summed E-state index contributed by atoms with van der Waals surface area (Å²) in [4.78, 5) is 21.1. The smallest absolute Gasteiger partial charge is 0.416 e. The molecule has 1 aromatic carbocycles. The summed E-state index contributed by atoms with van der Waals surface area (Å²) in [6, 6.07) is 8.67. The topological polar surface area (TPSA) is 73.3 Å². The SMILES string of the molecule is COC[C@H](NC(=O)c1ccc(OC)nc1)C1CCC(c2ccnc3ccc(C(F)(F)F)cc23)CC1. The summed E-state index contributed by atoms with van der Waals surface area (Å²) >= 11 is 0. The van der Waals surface area contributed by atoms with Crippen molar-refractivity contribution in [2.24, 2.45) is 5.92 Å². The molecule has 1 fully saturated rings. The van der Waals surface area contributed by atoms with E-state index in [1.165, 1.54) is 25.4 Å². The van der Waals surface area contributed by atoms with Crippen molar-refractivity contribution in [3.8, 4) is 5.88 Å². The first-order valence-electron chi connectivity index (χ1n) is 11.6. The number of carbonyl (C=O) groups excluding carboxylic acids is 1. The molecule has 3 aromatic rings. The van der Waals surface area contributed by atoms with Crippen LogP contribution in [-0.4, -0.2) is 42.7 Å². The van der Waals surface area contributed by atoms with Crippen LogP contribution < -0.4 is 10.1 Å². The van der Waals surface area contributed by atoms with Gasteiger partial charge in [-0.05, 0) is 73.4 Å². The van der Waals surface area contributed by atoms with Crippen LogP contribution in [0.3, 0.4) is 0 Å². The van der Waals surface area contributed by atoms with E-state index in [1.54, 1.807) is 25.4 Å². The number of hydrogen-bond acceptors (Lipinski definition) is 5. The monoisotopic (exact) mass is 487 g/mol. The number of nitrogens with zero attached hydrogens (tertiary/aromatic N) is 2. The number of hydrogen-bond donors (Lipinski definition) is 1. The molecule has 9 heteroatoms. The second kappa shape index (κ2) is 10.6. The second-order valence-electron chi connectivity index (χ2n) is 8.87. The van der Waals surface area contributed by atoms with E-state index in [1.807, 2.05) is 6.07 Å². The summed E-state index contributed by atoms with van der Waals surface area (Å²) in [5.74, 6) is 0.522. The molecule has 1 amide bonds. The van der Waals surface area contributed by atoms with E-state index in [-0.39, 0.29) is 23.8 Å². The quantitative estimate of drug-likeness (QED) is 0.485. The molecular formula is C26H28F3N3O3. The van der Waals surface area contributed by atoms with Crippen LogP contribution in [0, 0.1) is 5.92 Å². The summed E-state index contributed by atoms with van der Waals surface area (Å²) in [6.07, 6.45) is 1.99. The van der Waals surface area contributed by atoms with Gasteiger partial charge in [-0.3, -0.25) is 9.78 Å². The molecule has 0 bridgehead atoms. The number of alkyl halides is 3. The first-order valence-corrected chi connectivity index (χ1v) is 11.6. The normalized spacial score (nSPS) is 19.3. The zero-order valence-electron chi connectivity index (χ0n) is 19.6. The number of rotatable bonds is 7. The van der Waals surface area contributed by atoms with Crippen LogP contribution in [0.5, 0.6) is 5.88 Å². The van der Waals surface area contributed by atoms with Crippen LogP contribution in [0.25, 0.3) is 10.9 Å². The Morgan fingerprint density at radius 3 is 2.49 bits per heavy atom. The molecular weight excluding hydrogens is 459 g/mol. The van der Waals surface area contributed by atoms with Crippen LogP contribution in [0.4, 0.5) is 13.2 Å². The third-order valence-electron chi connectivity index (χ3n) is 6.75. The maximum Gasteiger partial charge on any atom is 0.416 e. The number of nitrogens with one attached hydrogen (secondary N) is 1. The average Bonchev–Trinajstić information content (AvgIpc) is 2.87. The third-order valence-corrected chi connectivity index (χ3v) is 6.75. The fourth-order valence-corrected chi connectivity index (χ4v) is 4.89. The fraction of sp³-hybridized carbons (Fsp3) is 0.423. The van der Waals surface area contributed by atoms with Crippen molar-refractivity contribution in [1.82, 2.24) is 15.3 Å². The third kappa shape index (κ3) is 5.73. The van der Waals surface area contributed by atoms with Crippen molar-refractivity contribution in [1.29, 1.82) is 0 Å². The molecule has 0 saturated heterocycles. The molecule has 0 spiro atoms. The van der Waals surface area contributed by atoms with E-state index in [0.717, 1.165) is 37.3 Å². The zero-order valence-corrected chi connectivity index (χ0v) is 19.6. The molecule has 0 unspecified atom stereocenters. The van der Waals surface area contributed by atoms with Gasteiger partial charge >= 0.3 is 6.18 Å². The van der Waals surface area contributed by atoms with Gasteiger partial charge in [0, 0.05) is 31.0 Å². The standard InChI is InChI=1S/C26H28F3N3O3/c1-34-15-23(32-25(33)18-7-10-24(35-2)31-14-18)17-5-3-16(4-6-17)20-11-12-30-22-9-8-19(13-21(20)22)26(27,28)29/h7-14,16-17,23H,3-6,15H2,1-2H3,(H,32,33)/t16?,17?,23-/m0/s1. The first-order chi connectivity index (χ1) is 16.8. The Kier molecular flexibility index (Phi) is 7.54. The number of pyridine rings is 2. The lowest BCUT2D eigenvalue weighted by molar-refractivity contribution is -0.137. The maximum absolute atomic E-state index is 13.3. The number of carbonyl (C=O) groups is 1. The Morgan fingerprint density at radius 2 is 1.86 bits per heavy atom.